The third-order valence-corrected chi connectivity index (χ3v) is 2.24. The highest BCUT2D eigenvalue weighted by Gasteiger charge is 2.17. The lowest BCUT2D eigenvalue weighted by molar-refractivity contribution is -0.110. The van der Waals surface area contributed by atoms with E-state index in [0.29, 0.717) is 6.04 Å². The predicted molar refractivity (Wildman–Crippen MR) is 43.7 cm³/mol. The second-order valence-electron chi connectivity index (χ2n) is 3.25. The summed E-state index contributed by atoms with van der Waals surface area (Å²) in [6, 6.07) is 0.459. The van der Waals surface area contributed by atoms with E-state index in [4.69, 9.17) is 0 Å². The molecule has 1 N–H and O–H groups in total. The number of rotatable bonds is 2. The number of carbonyl (C=O) groups excluding carboxylic acids is 1. The van der Waals surface area contributed by atoms with E-state index in [9.17, 15) is 4.79 Å². The summed E-state index contributed by atoms with van der Waals surface area (Å²) in [4.78, 5) is 10.1. The van der Waals surface area contributed by atoms with Crippen molar-refractivity contribution in [1.82, 2.24) is 5.32 Å². The molecule has 0 spiro atoms. The predicted octanol–water partition coefficient (Wildman–Crippen LogP) is 0.0966. The van der Waals surface area contributed by atoms with Crippen LogP contribution < -0.4 is 5.32 Å². The van der Waals surface area contributed by atoms with Crippen LogP contribution in [-0.4, -0.2) is 20.3 Å². The first-order valence-electron chi connectivity index (χ1n) is 4.02. The fourth-order valence-electron chi connectivity index (χ4n) is 1.68. The lowest BCUT2D eigenvalue weighted by Crippen LogP contribution is -2.31. The molecule has 2 atom stereocenters. The van der Waals surface area contributed by atoms with Crippen LogP contribution in [0, 0.1) is 0 Å². The maximum atomic E-state index is 10.1. The Morgan fingerprint density at radius 2 is 2.30 bits per heavy atom. The third-order valence-electron chi connectivity index (χ3n) is 2.24. The average molecular weight is 139 g/mol. The fourth-order valence-corrected chi connectivity index (χ4v) is 1.68. The Hall–Kier alpha value is -0.465. The largest absolute Gasteiger partial charge is 0.356 e. The molecule has 0 heterocycles. The van der Waals surface area contributed by atoms with E-state index >= 15 is 0 Å². The quantitative estimate of drug-likeness (QED) is 0.426. The zero-order valence-corrected chi connectivity index (χ0v) is 6.47. The van der Waals surface area contributed by atoms with Crippen LogP contribution in [0.1, 0.15) is 25.7 Å². The van der Waals surface area contributed by atoms with Gasteiger partial charge in [-0.3, -0.25) is 4.79 Å². The molecule has 0 aromatic rings. The van der Waals surface area contributed by atoms with E-state index in [-0.39, 0.29) is 0 Å². The standard InChI is InChI=1S/C7H14BNO/c8-6-2-1-3-7(4-6)9-5-10/h5-7H,1-4,8H2,(H,9,10). The molecule has 10 heavy (non-hydrogen) atoms. The van der Waals surface area contributed by atoms with Gasteiger partial charge < -0.3 is 5.32 Å². The maximum Gasteiger partial charge on any atom is 0.207 e. The van der Waals surface area contributed by atoms with Crippen LogP contribution in [0.4, 0.5) is 0 Å². The van der Waals surface area contributed by atoms with E-state index < -0.39 is 0 Å². The van der Waals surface area contributed by atoms with E-state index in [1.54, 1.807) is 0 Å². The molecule has 0 aromatic heterocycles. The van der Waals surface area contributed by atoms with E-state index in [0.717, 1.165) is 12.2 Å². The van der Waals surface area contributed by atoms with Gasteiger partial charge in [0.15, 0.2) is 0 Å². The van der Waals surface area contributed by atoms with Crippen molar-refractivity contribution in [3.63, 3.8) is 0 Å². The third kappa shape index (κ3) is 2.05. The summed E-state index contributed by atoms with van der Waals surface area (Å²) in [6.45, 7) is 0. The van der Waals surface area contributed by atoms with Gasteiger partial charge in [0.2, 0.25) is 6.41 Å². The van der Waals surface area contributed by atoms with Crippen molar-refractivity contribution in [3.8, 4) is 0 Å². The van der Waals surface area contributed by atoms with Crippen LogP contribution in [0.5, 0.6) is 0 Å². The molecule has 1 rings (SSSR count). The summed E-state index contributed by atoms with van der Waals surface area (Å²) in [5, 5.41) is 2.83. The minimum absolute atomic E-state index is 0.459. The number of hydrogen-bond acceptors (Lipinski definition) is 1. The van der Waals surface area contributed by atoms with Gasteiger partial charge >= 0.3 is 0 Å². The first-order chi connectivity index (χ1) is 4.83. The highest BCUT2D eigenvalue weighted by Crippen LogP contribution is 2.25. The Morgan fingerprint density at radius 1 is 1.50 bits per heavy atom. The van der Waals surface area contributed by atoms with E-state index in [2.05, 4.69) is 13.2 Å². The maximum absolute atomic E-state index is 10.1. The molecule has 1 amide bonds. The monoisotopic (exact) mass is 139 g/mol. The Labute approximate surface area is 62.8 Å². The number of nitrogens with one attached hydrogen (secondary N) is 1. The summed E-state index contributed by atoms with van der Waals surface area (Å²) in [5.41, 5.74) is 0. The lowest BCUT2D eigenvalue weighted by atomic mass is 9.74. The molecular weight excluding hydrogens is 125 g/mol. The highest BCUT2D eigenvalue weighted by atomic mass is 16.1. The summed E-state index contributed by atoms with van der Waals surface area (Å²) >= 11 is 0. The van der Waals surface area contributed by atoms with Crippen molar-refractivity contribution < 1.29 is 4.79 Å². The molecule has 1 aliphatic rings. The highest BCUT2D eigenvalue weighted by molar-refractivity contribution is 6.11. The molecule has 3 heteroatoms. The summed E-state index contributed by atoms with van der Waals surface area (Å²) in [5.74, 6) is 0.797. The number of carbonyl (C=O) groups is 1. The van der Waals surface area contributed by atoms with Crippen LogP contribution in [0.3, 0.4) is 0 Å². The van der Waals surface area contributed by atoms with Crippen LogP contribution in [0.25, 0.3) is 0 Å². The molecule has 0 aromatic carbocycles. The first-order valence-corrected chi connectivity index (χ1v) is 4.02. The summed E-state index contributed by atoms with van der Waals surface area (Å²) < 4.78 is 0. The van der Waals surface area contributed by atoms with Gasteiger partial charge in [-0.2, -0.15) is 0 Å². The minimum atomic E-state index is 0.459. The molecule has 56 valence electrons. The van der Waals surface area contributed by atoms with Crippen LogP contribution in [-0.2, 0) is 4.79 Å². The van der Waals surface area contributed by atoms with Gasteiger partial charge in [0.05, 0.1) is 0 Å². The number of hydrogen-bond donors (Lipinski definition) is 1. The van der Waals surface area contributed by atoms with Crippen LogP contribution >= 0.6 is 0 Å². The zero-order chi connectivity index (χ0) is 7.40. The van der Waals surface area contributed by atoms with Crippen molar-refractivity contribution in [1.29, 1.82) is 0 Å². The molecule has 0 bridgehead atoms. The molecular formula is C7H14BNO. The Kier molecular flexibility index (Phi) is 2.78. The minimum Gasteiger partial charge on any atom is -0.356 e. The molecule has 2 unspecified atom stereocenters. The second-order valence-corrected chi connectivity index (χ2v) is 3.25. The van der Waals surface area contributed by atoms with Gasteiger partial charge in [-0.05, 0) is 12.8 Å². The van der Waals surface area contributed by atoms with E-state index in [1.165, 1.54) is 25.7 Å². The molecule has 2 nitrogen and oxygen atoms in total. The first kappa shape index (κ1) is 7.64. The van der Waals surface area contributed by atoms with Gasteiger partial charge in [-0.15, -0.1) is 0 Å². The fraction of sp³-hybridized carbons (Fsp3) is 0.857. The molecule has 0 saturated heterocycles. The van der Waals surface area contributed by atoms with Gasteiger partial charge in [0.1, 0.15) is 7.85 Å². The van der Waals surface area contributed by atoms with Gasteiger partial charge in [-0.25, -0.2) is 0 Å². The zero-order valence-electron chi connectivity index (χ0n) is 6.47. The van der Waals surface area contributed by atoms with Crippen molar-refractivity contribution in [2.45, 2.75) is 37.5 Å². The smallest absolute Gasteiger partial charge is 0.207 e. The van der Waals surface area contributed by atoms with Crippen molar-refractivity contribution in [3.05, 3.63) is 0 Å². The van der Waals surface area contributed by atoms with Gasteiger partial charge in [0.25, 0.3) is 0 Å². The van der Waals surface area contributed by atoms with Crippen LogP contribution in [0.2, 0.25) is 5.82 Å². The SMILES string of the molecule is BC1CCCC(NC=O)C1. The Bertz CT molecular complexity index is 118. The van der Waals surface area contributed by atoms with Crippen molar-refractivity contribution in [2.75, 3.05) is 0 Å². The summed E-state index contributed by atoms with van der Waals surface area (Å²) in [6.07, 6.45) is 5.76. The molecule has 1 saturated carbocycles. The topological polar surface area (TPSA) is 29.1 Å². The average Bonchev–Trinajstić information content (AvgIpc) is 1.88. The van der Waals surface area contributed by atoms with Crippen LogP contribution in [0.15, 0.2) is 0 Å². The summed E-state index contributed by atoms with van der Waals surface area (Å²) in [7, 11) is 2.25. The molecule has 1 fully saturated rings. The lowest BCUT2D eigenvalue weighted by Gasteiger charge is -2.25. The van der Waals surface area contributed by atoms with Crippen molar-refractivity contribution >= 4 is 14.3 Å². The normalized spacial score (nSPS) is 33.2. The molecule has 0 aliphatic heterocycles. The Morgan fingerprint density at radius 3 is 2.90 bits per heavy atom. The number of amides is 1. The van der Waals surface area contributed by atoms with Crippen molar-refractivity contribution in [2.24, 2.45) is 0 Å². The van der Waals surface area contributed by atoms with E-state index in [1.807, 2.05) is 0 Å². The van der Waals surface area contributed by atoms with Gasteiger partial charge in [-0.1, -0.05) is 18.7 Å². The molecule has 1 aliphatic carbocycles. The second kappa shape index (κ2) is 3.64. The Balaban J connectivity index is 2.24. The molecule has 0 radical (unpaired) electrons. The van der Waals surface area contributed by atoms with Gasteiger partial charge in [0, 0.05) is 6.04 Å².